The number of carbonyl (C=O) groups is 4. The highest BCUT2D eigenvalue weighted by Crippen LogP contribution is 2.12. The number of nitrogens with zero attached hydrogens (tertiary/aromatic N) is 3. The van der Waals surface area contributed by atoms with Crippen molar-refractivity contribution in [2.45, 2.75) is 71.5 Å². The minimum absolute atomic E-state index is 0.0249. The molecule has 4 amide bonds. The largest absolute Gasteiger partial charge is 0.444 e. The number of rotatable bonds is 13. The first-order valence-electron chi connectivity index (χ1n) is 14.3. The summed E-state index contributed by atoms with van der Waals surface area (Å²) in [6.07, 6.45) is 2.20. The molecule has 0 radical (unpaired) electrons. The summed E-state index contributed by atoms with van der Waals surface area (Å²) in [5.41, 5.74) is -0.261. The van der Waals surface area contributed by atoms with Crippen LogP contribution in [0.4, 0.5) is 10.6 Å². The molecule has 1 aromatic heterocycles. The number of ether oxygens (including phenoxy) is 2. The first-order chi connectivity index (χ1) is 20.7. The van der Waals surface area contributed by atoms with E-state index in [-0.39, 0.29) is 31.5 Å². The van der Waals surface area contributed by atoms with Gasteiger partial charge >= 0.3 is 6.09 Å². The first kappa shape index (κ1) is 33.8. The van der Waals surface area contributed by atoms with Crippen LogP contribution in [0.2, 0.25) is 0 Å². The number of hydrogen-bond donors (Lipinski definition) is 3. The lowest BCUT2D eigenvalue weighted by atomic mass is 10.0. The van der Waals surface area contributed by atoms with Gasteiger partial charge in [-0.1, -0.05) is 60.7 Å². The second-order valence-electron chi connectivity index (χ2n) is 11.9. The molecule has 1 atom stereocenters. The van der Waals surface area contributed by atoms with Crippen molar-refractivity contribution < 1.29 is 28.7 Å². The van der Waals surface area contributed by atoms with E-state index in [1.807, 2.05) is 60.7 Å². The number of imidazole rings is 1. The van der Waals surface area contributed by atoms with Crippen LogP contribution in [0.1, 0.15) is 45.7 Å². The van der Waals surface area contributed by atoms with E-state index in [4.69, 9.17) is 9.47 Å². The van der Waals surface area contributed by atoms with Crippen LogP contribution in [0.3, 0.4) is 0 Å². The summed E-state index contributed by atoms with van der Waals surface area (Å²) in [5.74, 6) is -1.15. The summed E-state index contributed by atoms with van der Waals surface area (Å²) in [5, 5.41) is 7.88. The number of benzene rings is 2. The fraction of sp³-hybridized carbons (Fsp3) is 0.406. The number of hydrogen-bond acceptors (Lipinski definition) is 7. The molecule has 12 heteroatoms. The molecule has 0 unspecified atom stereocenters. The zero-order valence-corrected chi connectivity index (χ0v) is 26.1. The Hall–Kier alpha value is -4.71. The SMILES string of the molecule is CN(Cc1ccccc1)C(=O)Cn1cnc(NC(=O)[C@@H](COCc2ccccc2)NC(=O)C(C)(C)NC(=O)OC(C)(C)C)c1. The minimum atomic E-state index is -1.41. The highest BCUT2D eigenvalue weighted by Gasteiger charge is 2.34. The van der Waals surface area contributed by atoms with Crippen LogP contribution in [-0.4, -0.2) is 69.1 Å². The first-order valence-corrected chi connectivity index (χ1v) is 14.3. The van der Waals surface area contributed by atoms with E-state index in [0.29, 0.717) is 6.54 Å². The van der Waals surface area contributed by atoms with Crippen molar-refractivity contribution in [1.82, 2.24) is 25.1 Å². The standard InChI is InChI=1S/C32H42N6O6/c1-31(2,3)44-30(42)36-32(4,5)29(41)34-25(21-43-20-24-15-11-8-12-16-24)28(40)35-26-18-38(22-33-26)19-27(39)37(6)17-23-13-9-7-10-14-23/h7-16,18,22,25H,17,19-21H2,1-6H3,(H,34,41)(H,35,40)(H,36,42)/t25-/m1/s1. The van der Waals surface area contributed by atoms with Gasteiger partial charge in [-0.2, -0.15) is 0 Å². The van der Waals surface area contributed by atoms with E-state index in [2.05, 4.69) is 20.9 Å². The smallest absolute Gasteiger partial charge is 0.408 e. The molecule has 0 bridgehead atoms. The highest BCUT2D eigenvalue weighted by molar-refractivity contribution is 5.98. The Morgan fingerprint density at radius 1 is 0.932 bits per heavy atom. The molecule has 3 N–H and O–H groups in total. The Kier molecular flexibility index (Phi) is 11.6. The monoisotopic (exact) mass is 606 g/mol. The molecular weight excluding hydrogens is 564 g/mol. The van der Waals surface area contributed by atoms with Crippen molar-refractivity contribution in [3.8, 4) is 0 Å². The maximum Gasteiger partial charge on any atom is 0.408 e. The second-order valence-corrected chi connectivity index (χ2v) is 11.9. The molecule has 3 rings (SSSR count). The van der Waals surface area contributed by atoms with Gasteiger partial charge in [0.2, 0.25) is 11.8 Å². The summed E-state index contributed by atoms with van der Waals surface area (Å²) in [4.78, 5) is 57.4. The maximum absolute atomic E-state index is 13.3. The van der Waals surface area contributed by atoms with E-state index in [0.717, 1.165) is 11.1 Å². The van der Waals surface area contributed by atoms with Crippen LogP contribution >= 0.6 is 0 Å². The number of anilines is 1. The van der Waals surface area contributed by atoms with E-state index in [1.165, 1.54) is 26.4 Å². The molecule has 236 valence electrons. The van der Waals surface area contributed by atoms with Crippen LogP contribution < -0.4 is 16.0 Å². The van der Waals surface area contributed by atoms with Gasteiger partial charge in [0.25, 0.3) is 5.91 Å². The third kappa shape index (κ3) is 11.2. The van der Waals surface area contributed by atoms with E-state index in [9.17, 15) is 19.2 Å². The number of likely N-dealkylation sites (N-methyl/N-ethyl adjacent to an activating group) is 1. The minimum Gasteiger partial charge on any atom is -0.444 e. The lowest BCUT2D eigenvalue weighted by molar-refractivity contribution is -0.131. The van der Waals surface area contributed by atoms with E-state index in [1.54, 1.807) is 37.3 Å². The van der Waals surface area contributed by atoms with Gasteiger partial charge in [0.15, 0.2) is 5.82 Å². The summed E-state index contributed by atoms with van der Waals surface area (Å²) in [6.45, 7) is 8.68. The number of nitrogens with one attached hydrogen (secondary N) is 3. The lowest BCUT2D eigenvalue weighted by Gasteiger charge is -2.29. The molecular formula is C32H42N6O6. The van der Waals surface area contributed by atoms with Crippen molar-refractivity contribution in [2.75, 3.05) is 19.0 Å². The third-order valence-electron chi connectivity index (χ3n) is 6.29. The predicted octanol–water partition coefficient (Wildman–Crippen LogP) is 3.49. The Balaban J connectivity index is 1.64. The molecule has 0 spiro atoms. The maximum atomic E-state index is 13.3. The topological polar surface area (TPSA) is 144 Å². The van der Waals surface area contributed by atoms with Gasteiger partial charge in [0.1, 0.15) is 23.7 Å². The average molecular weight is 607 g/mol. The van der Waals surface area contributed by atoms with Gasteiger partial charge < -0.3 is 34.9 Å². The van der Waals surface area contributed by atoms with Crippen molar-refractivity contribution in [3.05, 3.63) is 84.3 Å². The van der Waals surface area contributed by atoms with Crippen LogP contribution in [0, 0.1) is 0 Å². The number of carbonyl (C=O) groups excluding carboxylic acids is 4. The zero-order chi connectivity index (χ0) is 32.3. The van der Waals surface area contributed by atoms with Crippen LogP contribution in [0.25, 0.3) is 0 Å². The third-order valence-corrected chi connectivity index (χ3v) is 6.29. The van der Waals surface area contributed by atoms with E-state index >= 15 is 0 Å². The molecule has 0 fully saturated rings. The summed E-state index contributed by atoms with van der Waals surface area (Å²) >= 11 is 0. The molecule has 0 aliphatic carbocycles. The van der Waals surface area contributed by atoms with Crippen LogP contribution in [0.15, 0.2) is 73.2 Å². The number of aromatic nitrogens is 2. The fourth-order valence-corrected chi connectivity index (χ4v) is 3.95. The fourth-order valence-electron chi connectivity index (χ4n) is 3.95. The summed E-state index contributed by atoms with van der Waals surface area (Å²) in [6, 6.07) is 17.9. The van der Waals surface area contributed by atoms with Crippen molar-refractivity contribution in [1.29, 1.82) is 0 Å². The molecule has 12 nitrogen and oxygen atoms in total. The van der Waals surface area contributed by atoms with Gasteiger partial charge in [-0.25, -0.2) is 9.78 Å². The lowest BCUT2D eigenvalue weighted by Crippen LogP contribution is -2.59. The normalized spacial score (nSPS) is 12.1. The molecule has 1 heterocycles. The molecule has 44 heavy (non-hydrogen) atoms. The molecule has 0 saturated carbocycles. The summed E-state index contributed by atoms with van der Waals surface area (Å²) in [7, 11) is 1.72. The number of alkyl carbamates (subject to hydrolysis) is 1. The van der Waals surface area contributed by atoms with Crippen molar-refractivity contribution in [2.24, 2.45) is 0 Å². The quantitative estimate of drug-likeness (QED) is 0.270. The average Bonchev–Trinajstić information content (AvgIpc) is 3.38. The molecule has 0 saturated heterocycles. The highest BCUT2D eigenvalue weighted by atomic mass is 16.6. The number of amides is 4. The Labute approximate surface area is 258 Å². The molecule has 0 aliphatic rings. The van der Waals surface area contributed by atoms with E-state index < -0.39 is 35.1 Å². The van der Waals surface area contributed by atoms with Gasteiger partial charge in [-0.15, -0.1) is 0 Å². The van der Waals surface area contributed by atoms with Gasteiger partial charge in [-0.05, 0) is 45.7 Å². The molecule has 2 aromatic carbocycles. The second kappa shape index (κ2) is 15.1. The molecule has 3 aromatic rings. The Bertz CT molecular complexity index is 1400. The Morgan fingerprint density at radius 3 is 2.16 bits per heavy atom. The van der Waals surface area contributed by atoms with Crippen LogP contribution in [0.5, 0.6) is 0 Å². The van der Waals surface area contributed by atoms with Crippen molar-refractivity contribution in [3.63, 3.8) is 0 Å². The molecule has 0 aliphatic heterocycles. The van der Waals surface area contributed by atoms with Gasteiger partial charge in [0.05, 0.1) is 19.5 Å². The predicted molar refractivity (Wildman–Crippen MR) is 165 cm³/mol. The van der Waals surface area contributed by atoms with Crippen LogP contribution in [-0.2, 0) is 43.6 Å². The summed E-state index contributed by atoms with van der Waals surface area (Å²) < 4.78 is 12.6. The van der Waals surface area contributed by atoms with Gasteiger partial charge in [0, 0.05) is 19.8 Å². The van der Waals surface area contributed by atoms with Crippen molar-refractivity contribution >= 4 is 29.6 Å². The zero-order valence-electron chi connectivity index (χ0n) is 26.1. The Morgan fingerprint density at radius 2 is 1.55 bits per heavy atom. The van der Waals surface area contributed by atoms with Gasteiger partial charge in [-0.3, -0.25) is 14.4 Å².